The SMILES string of the molecule is CCN(CC)Cc1cccc(NC(=O)CC2Sc3ccccc3NC2=O)c1. The molecule has 0 spiro atoms. The first-order valence-electron chi connectivity index (χ1n) is 9.26. The summed E-state index contributed by atoms with van der Waals surface area (Å²) in [5.41, 5.74) is 2.75. The van der Waals surface area contributed by atoms with Crippen LogP contribution in [-0.2, 0) is 16.1 Å². The van der Waals surface area contributed by atoms with Crippen LogP contribution in [0.1, 0.15) is 25.8 Å². The Balaban J connectivity index is 1.60. The minimum Gasteiger partial charge on any atom is -0.326 e. The number of carbonyl (C=O) groups is 2. The first kappa shape index (κ1) is 19.5. The number of nitrogens with one attached hydrogen (secondary N) is 2. The van der Waals surface area contributed by atoms with E-state index in [9.17, 15) is 9.59 Å². The highest BCUT2D eigenvalue weighted by Crippen LogP contribution is 2.36. The molecule has 0 aliphatic carbocycles. The van der Waals surface area contributed by atoms with Gasteiger partial charge in [0.15, 0.2) is 0 Å². The van der Waals surface area contributed by atoms with E-state index in [0.29, 0.717) is 0 Å². The van der Waals surface area contributed by atoms with Crippen LogP contribution in [0, 0.1) is 0 Å². The molecule has 0 saturated heterocycles. The van der Waals surface area contributed by atoms with Crippen LogP contribution in [0.25, 0.3) is 0 Å². The van der Waals surface area contributed by atoms with Gasteiger partial charge in [0.05, 0.1) is 10.9 Å². The van der Waals surface area contributed by atoms with Crippen LogP contribution in [0.2, 0.25) is 0 Å². The molecule has 1 heterocycles. The van der Waals surface area contributed by atoms with Crippen molar-refractivity contribution in [1.29, 1.82) is 0 Å². The van der Waals surface area contributed by atoms with Crippen molar-refractivity contribution in [3.63, 3.8) is 0 Å². The Hall–Kier alpha value is -2.31. The van der Waals surface area contributed by atoms with Gasteiger partial charge in [0.1, 0.15) is 0 Å². The maximum Gasteiger partial charge on any atom is 0.238 e. The Morgan fingerprint density at radius 3 is 2.70 bits per heavy atom. The van der Waals surface area contributed by atoms with Gasteiger partial charge in [-0.3, -0.25) is 14.5 Å². The second kappa shape index (κ2) is 9.06. The molecule has 27 heavy (non-hydrogen) atoms. The topological polar surface area (TPSA) is 61.4 Å². The normalized spacial score (nSPS) is 16.0. The summed E-state index contributed by atoms with van der Waals surface area (Å²) in [6.45, 7) is 7.11. The number of fused-ring (bicyclic) bond motifs is 1. The lowest BCUT2D eigenvalue weighted by molar-refractivity contribution is -0.120. The van der Waals surface area contributed by atoms with Crippen molar-refractivity contribution >= 4 is 35.0 Å². The molecule has 142 valence electrons. The minimum atomic E-state index is -0.418. The number of anilines is 2. The van der Waals surface area contributed by atoms with Gasteiger partial charge >= 0.3 is 0 Å². The van der Waals surface area contributed by atoms with Gasteiger partial charge in [0, 0.05) is 23.5 Å². The molecule has 2 amide bonds. The molecule has 1 atom stereocenters. The molecule has 0 bridgehead atoms. The number of thioether (sulfide) groups is 1. The van der Waals surface area contributed by atoms with Gasteiger partial charge in [-0.2, -0.15) is 0 Å². The van der Waals surface area contributed by atoms with E-state index in [2.05, 4.69) is 35.4 Å². The van der Waals surface area contributed by atoms with Crippen molar-refractivity contribution in [2.24, 2.45) is 0 Å². The molecule has 1 aliphatic heterocycles. The molecular weight excluding hydrogens is 358 g/mol. The van der Waals surface area contributed by atoms with Crippen molar-refractivity contribution in [2.45, 2.75) is 37.0 Å². The predicted octanol–water partition coefficient (Wildman–Crippen LogP) is 3.97. The molecule has 2 aromatic carbocycles. The summed E-state index contributed by atoms with van der Waals surface area (Å²) >= 11 is 1.44. The van der Waals surface area contributed by atoms with Crippen molar-refractivity contribution < 1.29 is 9.59 Å². The Morgan fingerprint density at radius 1 is 1.15 bits per heavy atom. The monoisotopic (exact) mass is 383 g/mol. The van der Waals surface area contributed by atoms with Crippen molar-refractivity contribution in [3.05, 3.63) is 54.1 Å². The van der Waals surface area contributed by atoms with Crippen LogP contribution in [-0.4, -0.2) is 35.1 Å². The quantitative estimate of drug-likeness (QED) is 0.759. The van der Waals surface area contributed by atoms with Gasteiger partial charge in [-0.1, -0.05) is 38.1 Å². The third-order valence-electron chi connectivity index (χ3n) is 4.59. The van der Waals surface area contributed by atoms with Gasteiger partial charge in [0.2, 0.25) is 11.8 Å². The fourth-order valence-corrected chi connectivity index (χ4v) is 4.17. The number of rotatable bonds is 7. The Kier molecular flexibility index (Phi) is 6.53. The zero-order chi connectivity index (χ0) is 19.2. The Labute approximate surface area is 164 Å². The molecule has 1 unspecified atom stereocenters. The minimum absolute atomic E-state index is 0.121. The molecule has 0 saturated carbocycles. The van der Waals surface area contributed by atoms with Crippen molar-refractivity contribution in [2.75, 3.05) is 23.7 Å². The van der Waals surface area contributed by atoms with Gasteiger partial charge < -0.3 is 10.6 Å². The molecular formula is C21H25N3O2S. The van der Waals surface area contributed by atoms with Crippen LogP contribution in [0.5, 0.6) is 0 Å². The third-order valence-corrected chi connectivity index (χ3v) is 5.86. The largest absolute Gasteiger partial charge is 0.326 e. The summed E-state index contributed by atoms with van der Waals surface area (Å²) in [4.78, 5) is 28.1. The number of benzene rings is 2. The average molecular weight is 384 g/mol. The molecule has 6 heteroatoms. The van der Waals surface area contributed by atoms with E-state index in [1.54, 1.807) is 0 Å². The molecule has 0 fully saturated rings. The summed E-state index contributed by atoms with van der Waals surface area (Å²) in [5.74, 6) is -0.272. The Bertz CT molecular complexity index is 821. The van der Waals surface area contributed by atoms with E-state index in [1.807, 2.05) is 42.5 Å². The van der Waals surface area contributed by atoms with E-state index in [-0.39, 0.29) is 18.2 Å². The van der Waals surface area contributed by atoms with Crippen molar-refractivity contribution in [1.82, 2.24) is 4.90 Å². The molecule has 3 rings (SSSR count). The van der Waals surface area contributed by atoms with Crippen LogP contribution in [0.3, 0.4) is 0 Å². The molecule has 2 aromatic rings. The second-order valence-electron chi connectivity index (χ2n) is 6.51. The van der Waals surface area contributed by atoms with E-state index in [4.69, 9.17) is 0 Å². The van der Waals surface area contributed by atoms with E-state index in [1.165, 1.54) is 11.8 Å². The fourth-order valence-electron chi connectivity index (χ4n) is 3.06. The number of carbonyl (C=O) groups excluding carboxylic acids is 2. The molecule has 2 N–H and O–H groups in total. The number of para-hydroxylation sites is 1. The van der Waals surface area contributed by atoms with E-state index in [0.717, 1.165) is 41.5 Å². The maximum atomic E-state index is 12.5. The van der Waals surface area contributed by atoms with Crippen LogP contribution >= 0.6 is 11.8 Å². The highest BCUT2D eigenvalue weighted by atomic mass is 32.2. The maximum absolute atomic E-state index is 12.5. The second-order valence-corrected chi connectivity index (χ2v) is 7.75. The zero-order valence-electron chi connectivity index (χ0n) is 15.7. The smallest absolute Gasteiger partial charge is 0.238 e. The number of hydrogen-bond donors (Lipinski definition) is 2. The lowest BCUT2D eigenvalue weighted by Gasteiger charge is -2.23. The standard InChI is InChI=1S/C21H25N3O2S/c1-3-24(4-2)14-15-8-7-9-16(12-15)22-20(25)13-19-21(26)23-17-10-5-6-11-18(17)27-19/h5-12,19H,3-4,13-14H2,1-2H3,(H,22,25)(H,23,26). The number of amides is 2. The molecule has 0 radical (unpaired) electrons. The lowest BCUT2D eigenvalue weighted by atomic mass is 10.1. The van der Waals surface area contributed by atoms with Gasteiger partial charge in [-0.25, -0.2) is 0 Å². The highest BCUT2D eigenvalue weighted by molar-refractivity contribution is 8.01. The first-order chi connectivity index (χ1) is 13.1. The number of nitrogens with zero attached hydrogens (tertiary/aromatic N) is 1. The third kappa shape index (κ3) is 5.11. The van der Waals surface area contributed by atoms with Gasteiger partial charge in [-0.05, 0) is 42.9 Å². The molecule has 5 nitrogen and oxygen atoms in total. The fraction of sp³-hybridized carbons (Fsp3) is 0.333. The van der Waals surface area contributed by atoms with Crippen LogP contribution < -0.4 is 10.6 Å². The highest BCUT2D eigenvalue weighted by Gasteiger charge is 2.28. The van der Waals surface area contributed by atoms with Crippen LogP contribution in [0.4, 0.5) is 11.4 Å². The molecule has 1 aliphatic rings. The summed E-state index contributed by atoms with van der Waals surface area (Å²) < 4.78 is 0. The predicted molar refractivity (Wildman–Crippen MR) is 111 cm³/mol. The van der Waals surface area contributed by atoms with Crippen molar-refractivity contribution in [3.8, 4) is 0 Å². The summed E-state index contributed by atoms with van der Waals surface area (Å²) in [6, 6.07) is 15.5. The first-order valence-corrected chi connectivity index (χ1v) is 10.1. The van der Waals surface area contributed by atoms with E-state index >= 15 is 0 Å². The van der Waals surface area contributed by atoms with Crippen LogP contribution in [0.15, 0.2) is 53.4 Å². The van der Waals surface area contributed by atoms with E-state index < -0.39 is 5.25 Å². The van der Waals surface area contributed by atoms with Gasteiger partial charge in [0.25, 0.3) is 0 Å². The number of hydrogen-bond acceptors (Lipinski definition) is 4. The summed E-state index contributed by atoms with van der Waals surface area (Å²) in [6.07, 6.45) is 0.144. The Morgan fingerprint density at radius 2 is 1.93 bits per heavy atom. The summed E-state index contributed by atoms with van der Waals surface area (Å²) in [5, 5.41) is 5.39. The lowest BCUT2D eigenvalue weighted by Crippen LogP contribution is -2.32. The molecule has 0 aromatic heterocycles. The average Bonchev–Trinajstić information content (AvgIpc) is 2.67. The summed E-state index contributed by atoms with van der Waals surface area (Å²) in [7, 11) is 0. The zero-order valence-corrected chi connectivity index (χ0v) is 16.5. The van der Waals surface area contributed by atoms with Gasteiger partial charge in [-0.15, -0.1) is 11.8 Å².